The van der Waals surface area contributed by atoms with E-state index in [1.165, 1.54) is 12.0 Å². The normalized spacial score (nSPS) is 21.2. The molecule has 0 saturated heterocycles. The summed E-state index contributed by atoms with van der Waals surface area (Å²) in [5.74, 6) is 2.31. The molecule has 3 nitrogen and oxygen atoms in total. The van der Waals surface area contributed by atoms with E-state index in [1.54, 1.807) is 7.05 Å². The molecule has 1 aromatic carbocycles. The van der Waals surface area contributed by atoms with Gasteiger partial charge < -0.3 is 10.6 Å². The van der Waals surface area contributed by atoms with Crippen LogP contribution in [0.5, 0.6) is 0 Å². The number of hydrogen-bond donors (Lipinski definition) is 2. The number of halogens is 1. The number of rotatable bonds is 5. The first-order valence-corrected chi connectivity index (χ1v) is 6.45. The first-order chi connectivity index (χ1) is 8.85. The summed E-state index contributed by atoms with van der Waals surface area (Å²) in [5, 5.41) is 6.53. The van der Waals surface area contributed by atoms with Crippen LogP contribution in [0.4, 0.5) is 0 Å². The summed E-state index contributed by atoms with van der Waals surface area (Å²) in [7, 11) is 1.79. The number of benzene rings is 1. The third kappa shape index (κ3) is 4.86. The molecule has 1 aliphatic rings. The molecule has 1 aromatic rings. The minimum atomic E-state index is 0. The zero-order chi connectivity index (χ0) is 12.8. The predicted molar refractivity (Wildman–Crippen MR) is 92.3 cm³/mol. The van der Waals surface area contributed by atoms with Gasteiger partial charge in [0.2, 0.25) is 0 Å². The van der Waals surface area contributed by atoms with E-state index in [0.29, 0.717) is 0 Å². The third-order valence-electron chi connectivity index (χ3n) is 3.32. The van der Waals surface area contributed by atoms with E-state index < -0.39 is 0 Å². The molecule has 19 heavy (non-hydrogen) atoms. The molecular weight excluding hydrogens is 349 g/mol. The van der Waals surface area contributed by atoms with Gasteiger partial charge in [-0.3, -0.25) is 4.99 Å². The quantitative estimate of drug-likeness (QED) is 0.362. The first-order valence-electron chi connectivity index (χ1n) is 6.45. The van der Waals surface area contributed by atoms with Crippen LogP contribution >= 0.6 is 24.0 Å². The summed E-state index contributed by atoms with van der Waals surface area (Å²) in [6, 6.07) is 10.7. The van der Waals surface area contributed by atoms with Crippen molar-refractivity contribution >= 4 is 29.9 Å². The van der Waals surface area contributed by atoms with E-state index in [-0.39, 0.29) is 24.0 Å². The molecule has 4 heteroatoms. The molecule has 0 spiro atoms. The van der Waals surface area contributed by atoms with Crippen molar-refractivity contribution in [3.8, 4) is 0 Å². The maximum Gasteiger partial charge on any atom is 0.191 e. The summed E-state index contributed by atoms with van der Waals surface area (Å²) in [5.41, 5.74) is 1.46. The highest BCUT2D eigenvalue weighted by Gasteiger charge is 2.37. The van der Waals surface area contributed by atoms with E-state index in [0.717, 1.165) is 30.9 Å². The Balaban J connectivity index is 0.00000180. The van der Waals surface area contributed by atoms with Crippen molar-refractivity contribution in [2.45, 2.75) is 12.3 Å². The Bertz CT molecular complexity index is 417. The highest BCUT2D eigenvalue weighted by molar-refractivity contribution is 14.0. The number of aliphatic imine (C=N–C) groups is 1. The minimum absolute atomic E-state index is 0. The van der Waals surface area contributed by atoms with Crippen LogP contribution in [0.15, 0.2) is 48.0 Å². The Morgan fingerprint density at radius 2 is 2.11 bits per heavy atom. The van der Waals surface area contributed by atoms with Gasteiger partial charge in [-0.15, -0.1) is 30.6 Å². The zero-order valence-electron chi connectivity index (χ0n) is 11.3. The van der Waals surface area contributed by atoms with Gasteiger partial charge in [0.15, 0.2) is 5.96 Å². The minimum Gasteiger partial charge on any atom is -0.356 e. The molecule has 0 bridgehead atoms. The average Bonchev–Trinajstić information content (AvgIpc) is 3.20. The van der Waals surface area contributed by atoms with Gasteiger partial charge in [-0.25, -0.2) is 0 Å². The van der Waals surface area contributed by atoms with Crippen molar-refractivity contribution in [3.63, 3.8) is 0 Å². The van der Waals surface area contributed by atoms with Crippen LogP contribution in [-0.4, -0.2) is 26.1 Å². The molecule has 2 N–H and O–H groups in total. The van der Waals surface area contributed by atoms with Crippen molar-refractivity contribution in [1.82, 2.24) is 10.6 Å². The summed E-state index contributed by atoms with van der Waals surface area (Å²) in [6.07, 6.45) is 3.10. The van der Waals surface area contributed by atoms with Crippen molar-refractivity contribution in [2.24, 2.45) is 10.9 Å². The SMILES string of the molecule is C=CCNC(=NC)NCC1CC1c1ccccc1.I. The van der Waals surface area contributed by atoms with Gasteiger partial charge in [-0.1, -0.05) is 36.4 Å². The van der Waals surface area contributed by atoms with Crippen LogP contribution < -0.4 is 10.6 Å². The summed E-state index contributed by atoms with van der Waals surface area (Å²) in [4.78, 5) is 4.17. The van der Waals surface area contributed by atoms with Crippen LogP contribution in [0.1, 0.15) is 17.9 Å². The van der Waals surface area contributed by atoms with Crippen LogP contribution in [0, 0.1) is 5.92 Å². The average molecular weight is 371 g/mol. The molecule has 104 valence electrons. The van der Waals surface area contributed by atoms with Crippen LogP contribution in [0.2, 0.25) is 0 Å². The highest BCUT2D eigenvalue weighted by atomic mass is 127. The number of nitrogens with zero attached hydrogens (tertiary/aromatic N) is 1. The van der Waals surface area contributed by atoms with E-state index in [1.807, 2.05) is 6.08 Å². The van der Waals surface area contributed by atoms with E-state index in [2.05, 4.69) is 52.5 Å². The number of hydrogen-bond acceptors (Lipinski definition) is 1. The fourth-order valence-electron chi connectivity index (χ4n) is 2.20. The highest BCUT2D eigenvalue weighted by Crippen LogP contribution is 2.46. The lowest BCUT2D eigenvalue weighted by Gasteiger charge is -2.10. The van der Waals surface area contributed by atoms with Crippen molar-refractivity contribution in [3.05, 3.63) is 48.6 Å². The van der Waals surface area contributed by atoms with Crippen molar-refractivity contribution in [2.75, 3.05) is 20.1 Å². The second-order valence-electron chi connectivity index (χ2n) is 4.64. The Hall–Kier alpha value is -1.04. The molecule has 1 aliphatic carbocycles. The third-order valence-corrected chi connectivity index (χ3v) is 3.32. The maximum atomic E-state index is 4.17. The molecule has 1 saturated carbocycles. The Morgan fingerprint density at radius 3 is 2.74 bits per heavy atom. The molecule has 2 atom stereocenters. The summed E-state index contributed by atoms with van der Waals surface area (Å²) in [6.45, 7) is 5.41. The van der Waals surface area contributed by atoms with E-state index >= 15 is 0 Å². The van der Waals surface area contributed by atoms with Crippen LogP contribution in [-0.2, 0) is 0 Å². The molecule has 0 aromatic heterocycles. The molecule has 2 rings (SSSR count). The smallest absolute Gasteiger partial charge is 0.191 e. The second-order valence-corrected chi connectivity index (χ2v) is 4.64. The van der Waals surface area contributed by atoms with Gasteiger partial charge >= 0.3 is 0 Å². The van der Waals surface area contributed by atoms with Gasteiger partial charge in [-0.05, 0) is 23.8 Å². The number of nitrogens with one attached hydrogen (secondary N) is 2. The number of guanidine groups is 1. The Kier molecular flexibility index (Phi) is 6.91. The zero-order valence-corrected chi connectivity index (χ0v) is 13.6. The van der Waals surface area contributed by atoms with Gasteiger partial charge in [-0.2, -0.15) is 0 Å². The fraction of sp³-hybridized carbons (Fsp3) is 0.400. The van der Waals surface area contributed by atoms with E-state index in [9.17, 15) is 0 Å². The Labute approximate surface area is 132 Å². The van der Waals surface area contributed by atoms with Gasteiger partial charge in [0, 0.05) is 20.1 Å². The first kappa shape index (κ1) is 16.0. The lowest BCUT2D eigenvalue weighted by atomic mass is 10.1. The largest absolute Gasteiger partial charge is 0.356 e. The van der Waals surface area contributed by atoms with Crippen LogP contribution in [0.25, 0.3) is 0 Å². The topological polar surface area (TPSA) is 36.4 Å². The maximum absolute atomic E-state index is 4.17. The molecular formula is C15H22IN3. The molecule has 2 unspecified atom stereocenters. The summed E-state index contributed by atoms with van der Waals surface area (Å²) >= 11 is 0. The standard InChI is InChI=1S/C15H21N3.HI/c1-3-9-17-15(16-2)18-11-13-10-14(13)12-7-5-4-6-8-12;/h3-8,13-14H,1,9-11H2,2H3,(H2,16,17,18);1H. The molecule has 0 radical (unpaired) electrons. The second kappa shape index (κ2) is 8.19. The monoisotopic (exact) mass is 371 g/mol. The molecule has 0 heterocycles. The lowest BCUT2D eigenvalue weighted by molar-refractivity contribution is 0.728. The molecule has 0 amide bonds. The van der Waals surface area contributed by atoms with E-state index in [4.69, 9.17) is 0 Å². The van der Waals surface area contributed by atoms with Crippen molar-refractivity contribution in [1.29, 1.82) is 0 Å². The fourth-order valence-corrected chi connectivity index (χ4v) is 2.20. The lowest BCUT2D eigenvalue weighted by Crippen LogP contribution is -2.38. The molecule has 0 aliphatic heterocycles. The predicted octanol–water partition coefficient (Wildman–Crippen LogP) is 2.76. The molecule has 1 fully saturated rings. The van der Waals surface area contributed by atoms with Crippen LogP contribution in [0.3, 0.4) is 0 Å². The Morgan fingerprint density at radius 1 is 1.37 bits per heavy atom. The van der Waals surface area contributed by atoms with Gasteiger partial charge in [0.1, 0.15) is 0 Å². The van der Waals surface area contributed by atoms with Gasteiger partial charge in [0.05, 0.1) is 0 Å². The van der Waals surface area contributed by atoms with Crippen molar-refractivity contribution < 1.29 is 0 Å². The van der Waals surface area contributed by atoms with Gasteiger partial charge in [0.25, 0.3) is 0 Å². The summed E-state index contributed by atoms with van der Waals surface area (Å²) < 4.78 is 0.